The Morgan fingerprint density at radius 2 is 1.95 bits per heavy atom. The maximum absolute atomic E-state index is 5.86. The van der Waals surface area contributed by atoms with E-state index in [0.717, 1.165) is 37.7 Å². The van der Waals surface area contributed by atoms with E-state index in [2.05, 4.69) is 63.5 Å². The van der Waals surface area contributed by atoms with Gasteiger partial charge in [-0.05, 0) is 46.4 Å². The van der Waals surface area contributed by atoms with E-state index in [4.69, 9.17) is 4.42 Å². The number of hydrogen-bond donors (Lipinski definition) is 1. The van der Waals surface area contributed by atoms with E-state index in [1.165, 1.54) is 5.57 Å². The van der Waals surface area contributed by atoms with Gasteiger partial charge in [-0.15, -0.1) is 0 Å². The fourth-order valence-corrected chi connectivity index (χ4v) is 1.84. The second-order valence-corrected chi connectivity index (χ2v) is 6.23. The van der Waals surface area contributed by atoms with Crippen molar-refractivity contribution in [3.63, 3.8) is 0 Å². The van der Waals surface area contributed by atoms with Gasteiger partial charge < -0.3 is 9.73 Å². The molecule has 3 nitrogen and oxygen atoms in total. The standard InChI is InChI=1S/C16H28N2O/c1-7-18(11-13(2)3)12-15-9-8-14(19-15)10-17-16(4,5)6/h8-9,17H,2,7,10-12H2,1,3-6H3. The zero-order chi connectivity index (χ0) is 14.5. The van der Waals surface area contributed by atoms with Crippen molar-refractivity contribution in [2.24, 2.45) is 0 Å². The third-order valence-corrected chi connectivity index (χ3v) is 2.83. The lowest BCUT2D eigenvalue weighted by molar-refractivity contribution is 0.269. The fourth-order valence-electron chi connectivity index (χ4n) is 1.84. The summed E-state index contributed by atoms with van der Waals surface area (Å²) in [5.41, 5.74) is 1.30. The van der Waals surface area contributed by atoms with E-state index in [9.17, 15) is 0 Å². The van der Waals surface area contributed by atoms with Crippen LogP contribution in [0.4, 0.5) is 0 Å². The second-order valence-electron chi connectivity index (χ2n) is 6.23. The Morgan fingerprint density at radius 3 is 2.47 bits per heavy atom. The van der Waals surface area contributed by atoms with Gasteiger partial charge in [-0.25, -0.2) is 0 Å². The van der Waals surface area contributed by atoms with Crippen molar-refractivity contribution in [1.82, 2.24) is 10.2 Å². The van der Waals surface area contributed by atoms with E-state index in [1.807, 2.05) is 0 Å². The third kappa shape index (κ3) is 6.60. The molecule has 0 aliphatic rings. The maximum Gasteiger partial charge on any atom is 0.118 e. The van der Waals surface area contributed by atoms with E-state index < -0.39 is 0 Å². The quantitative estimate of drug-likeness (QED) is 0.763. The second kappa shape index (κ2) is 6.92. The summed E-state index contributed by atoms with van der Waals surface area (Å²) in [4.78, 5) is 2.32. The van der Waals surface area contributed by atoms with Gasteiger partial charge in [-0.3, -0.25) is 4.90 Å². The molecule has 1 N–H and O–H groups in total. The Morgan fingerprint density at radius 1 is 1.32 bits per heavy atom. The monoisotopic (exact) mass is 264 g/mol. The predicted molar refractivity (Wildman–Crippen MR) is 81.1 cm³/mol. The molecule has 1 aromatic rings. The summed E-state index contributed by atoms with van der Waals surface area (Å²) in [6, 6.07) is 4.13. The molecule has 108 valence electrons. The van der Waals surface area contributed by atoms with Gasteiger partial charge in [0.25, 0.3) is 0 Å². The molecule has 0 aliphatic carbocycles. The third-order valence-electron chi connectivity index (χ3n) is 2.83. The first-order valence-corrected chi connectivity index (χ1v) is 6.99. The minimum Gasteiger partial charge on any atom is -0.463 e. The van der Waals surface area contributed by atoms with E-state index in [0.29, 0.717) is 0 Å². The van der Waals surface area contributed by atoms with Crippen molar-refractivity contribution in [3.8, 4) is 0 Å². The van der Waals surface area contributed by atoms with Crippen molar-refractivity contribution < 1.29 is 4.42 Å². The largest absolute Gasteiger partial charge is 0.463 e. The lowest BCUT2D eigenvalue weighted by atomic mass is 10.1. The molecular formula is C16H28N2O. The van der Waals surface area contributed by atoms with Gasteiger partial charge >= 0.3 is 0 Å². The zero-order valence-corrected chi connectivity index (χ0v) is 13.0. The summed E-state index contributed by atoms with van der Waals surface area (Å²) in [6.07, 6.45) is 0. The molecule has 1 heterocycles. The van der Waals surface area contributed by atoms with Crippen molar-refractivity contribution in [2.45, 2.75) is 53.2 Å². The Balaban J connectivity index is 2.52. The van der Waals surface area contributed by atoms with Crippen LogP contribution in [-0.2, 0) is 13.1 Å². The summed E-state index contributed by atoms with van der Waals surface area (Å²) >= 11 is 0. The Hall–Kier alpha value is -1.06. The lowest BCUT2D eigenvalue weighted by Crippen LogP contribution is -2.34. The van der Waals surface area contributed by atoms with Gasteiger partial charge in [-0.2, -0.15) is 0 Å². The molecule has 0 atom stereocenters. The first-order chi connectivity index (χ1) is 8.80. The number of furan rings is 1. The summed E-state index contributed by atoms with van der Waals surface area (Å²) in [7, 11) is 0. The van der Waals surface area contributed by atoms with Crippen LogP contribution in [0, 0.1) is 0 Å². The molecule has 1 aromatic heterocycles. The number of nitrogens with one attached hydrogen (secondary N) is 1. The molecule has 19 heavy (non-hydrogen) atoms. The van der Waals surface area contributed by atoms with E-state index in [1.54, 1.807) is 0 Å². The number of hydrogen-bond acceptors (Lipinski definition) is 3. The first-order valence-electron chi connectivity index (χ1n) is 6.99. The van der Waals surface area contributed by atoms with Gasteiger partial charge in [0.2, 0.25) is 0 Å². The summed E-state index contributed by atoms with van der Waals surface area (Å²) < 4.78 is 5.86. The molecule has 0 radical (unpaired) electrons. The molecule has 0 aliphatic heterocycles. The Labute approximate surface area is 117 Å². The van der Waals surface area contributed by atoms with Crippen LogP contribution in [0.5, 0.6) is 0 Å². The number of rotatable bonds is 7. The van der Waals surface area contributed by atoms with Crippen LogP contribution in [0.3, 0.4) is 0 Å². The first kappa shape index (κ1) is 16.0. The fraction of sp³-hybridized carbons (Fsp3) is 0.625. The average molecular weight is 264 g/mol. The summed E-state index contributed by atoms with van der Waals surface area (Å²) in [5.74, 6) is 2.02. The van der Waals surface area contributed by atoms with Crippen LogP contribution in [0.25, 0.3) is 0 Å². The SMILES string of the molecule is C=C(C)CN(CC)Cc1ccc(CNC(C)(C)C)o1. The van der Waals surface area contributed by atoms with E-state index >= 15 is 0 Å². The predicted octanol–water partition coefficient (Wildman–Crippen LogP) is 3.57. The minimum absolute atomic E-state index is 0.113. The summed E-state index contributed by atoms with van der Waals surface area (Å²) in [6.45, 7) is 18.2. The zero-order valence-electron chi connectivity index (χ0n) is 13.0. The highest BCUT2D eigenvalue weighted by Gasteiger charge is 2.11. The number of likely N-dealkylation sites (N-methyl/N-ethyl adjacent to an activating group) is 1. The van der Waals surface area contributed by atoms with Gasteiger partial charge in [0, 0.05) is 12.1 Å². The van der Waals surface area contributed by atoms with Crippen molar-refractivity contribution >= 4 is 0 Å². The Bertz CT molecular complexity index is 401. The molecule has 1 rings (SSSR count). The average Bonchev–Trinajstić information content (AvgIpc) is 2.72. The van der Waals surface area contributed by atoms with Gasteiger partial charge in [0.15, 0.2) is 0 Å². The van der Waals surface area contributed by atoms with Crippen LogP contribution >= 0.6 is 0 Å². The molecule has 0 aromatic carbocycles. The van der Waals surface area contributed by atoms with Crippen LogP contribution in [0.2, 0.25) is 0 Å². The molecule has 0 amide bonds. The van der Waals surface area contributed by atoms with Crippen molar-refractivity contribution in [1.29, 1.82) is 0 Å². The van der Waals surface area contributed by atoms with Gasteiger partial charge in [0.05, 0.1) is 13.1 Å². The van der Waals surface area contributed by atoms with Crippen LogP contribution in [0.1, 0.15) is 46.1 Å². The van der Waals surface area contributed by atoms with Gasteiger partial charge in [0.1, 0.15) is 11.5 Å². The van der Waals surface area contributed by atoms with Crippen LogP contribution in [0.15, 0.2) is 28.7 Å². The molecule has 0 spiro atoms. The molecular weight excluding hydrogens is 236 g/mol. The van der Waals surface area contributed by atoms with Crippen LogP contribution < -0.4 is 5.32 Å². The normalized spacial score (nSPS) is 12.1. The minimum atomic E-state index is 0.113. The highest BCUT2D eigenvalue weighted by Crippen LogP contribution is 2.12. The molecule has 3 heteroatoms. The van der Waals surface area contributed by atoms with Gasteiger partial charge in [-0.1, -0.05) is 19.1 Å². The molecule has 0 saturated carbocycles. The number of nitrogens with zero attached hydrogens (tertiary/aromatic N) is 1. The highest BCUT2D eigenvalue weighted by molar-refractivity contribution is 5.08. The Kier molecular flexibility index (Phi) is 5.83. The maximum atomic E-state index is 5.86. The highest BCUT2D eigenvalue weighted by atomic mass is 16.3. The smallest absolute Gasteiger partial charge is 0.118 e. The van der Waals surface area contributed by atoms with Crippen molar-refractivity contribution in [3.05, 3.63) is 35.8 Å². The lowest BCUT2D eigenvalue weighted by Gasteiger charge is -2.20. The van der Waals surface area contributed by atoms with Crippen LogP contribution in [-0.4, -0.2) is 23.5 Å². The molecule has 0 fully saturated rings. The van der Waals surface area contributed by atoms with E-state index in [-0.39, 0.29) is 5.54 Å². The molecule has 0 unspecified atom stereocenters. The summed E-state index contributed by atoms with van der Waals surface area (Å²) in [5, 5.41) is 3.43. The van der Waals surface area contributed by atoms with Crippen molar-refractivity contribution in [2.75, 3.05) is 13.1 Å². The molecule has 0 saturated heterocycles. The molecule has 0 bridgehead atoms. The topological polar surface area (TPSA) is 28.4 Å².